The van der Waals surface area contributed by atoms with Crippen LogP contribution in [0, 0.1) is 6.92 Å². The van der Waals surface area contributed by atoms with Gasteiger partial charge in [0, 0.05) is 17.5 Å². The number of rotatable bonds is 4. The SMILES string of the molecule is Cc1nn(-c2cccc(Cl)c2)c2sc(C(=O)N(C)Cc3ccco3)cc12. The van der Waals surface area contributed by atoms with Crippen molar-refractivity contribution in [2.24, 2.45) is 0 Å². The molecular formula is C19H16ClN3O2S. The summed E-state index contributed by atoms with van der Waals surface area (Å²) in [5.74, 6) is 0.711. The molecule has 5 nitrogen and oxygen atoms in total. The van der Waals surface area contributed by atoms with E-state index in [2.05, 4.69) is 5.10 Å². The van der Waals surface area contributed by atoms with Gasteiger partial charge < -0.3 is 9.32 Å². The Kier molecular flexibility index (Phi) is 4.30. The molecule has 0 spiro atoms. The molecule has 0 saturated heterocycles. The molecule has 7 heteroatoms. The van der Waals surface area contributed by atoms with Crippen molar-refractivity contribution in [2.75, 3.05) is 7.05 Å². The third kappa shape index (κ3) is 3.02. The molecule has 0 radical (unpaired) electrons. The molecule has 3 heterocycles. The van der Waals surface area contributed by atoms with E-state index in [9.17, 15) is 4.79 Å². The van der Waals surface area contributed by atoms with Crippen molar-refractivity contribution in [3.8, 4) is 5.69 Å². The van der Waals surface area contributed by atoms with E-state index in [1.54, 1.807) is 18.2 Å². The highest BCUT2D eigenvalue weighted by atomic mass is 35.5. The molecule has 3 aromatic heterocycles. The monoisotopic (exact) mass is 385 g/mol. The summed E-state index contributed by atoms with van der Waals surface area (Å²) in [4.78, 5) is 16.0. The lowest BCUT2D eigenvalue weighted by Crippen LogP contribution is -2.25. The Bertz CT molecular complexity index is 1080. The molecule has 0 aliphatic heterocycles. The number of hydrogen-bond donors (Lipinski definition) is 0. The lowest BCUT2D eigenvalue weighted by Gasteiger charge is -2.14. The van der Waals surface area contributed by atoms with Gasteiger partial charge in [0.05, 0.1) is 29.1 Å². The van der Waals surface area contributed by atoms with Crippen molar-refractivity contribution in [3.05, 3.63) is 70.1 Å². The van der Waals surface area contributed by atoms with Crippen molar-refractivity contribution < 1.29 is 9.21 Å². The Morgan fingerprint density at radius 3 is 2.88 bits per heavy atom. The summed E-state index contributed by atoms with van der Waals surface area (Å²) in [6, 6.07) is 13.1. The number of carbonyl (C=O) groups is 1. The van der Waals surface area contributed by atoms with E-state index in [0.29, 0.717) is 16.4 Å². The van der Waals surface area contributed by atoms with Crippen LogP contribution >= 0.6 is 22.9 Å². The van der Waals surface area contributed by atoms with E-state index >= 15 is 0 Å². The molecule has 1 aromatic carbocycles. The van der Waals surface area contributed by atoms with Gasteiger partial charge in [-0.25, -0.2) is 4.68 Å². The van der Waals surface area contributed by atoms with Crippen LogP contribution in [0.1, 0.15) is 21.1 Å². The Morgan fingerprint density at radius 2 is 2.15 bits per heavy atom. The first-order chi connectivity index (χ1) is 12.5. The lowest BCUT2D eigenvalue weighted by molar-refractivity contribution is 0.0780. The number of aromatic nitrogens is 2. The highest BCUT2D eigenvalue weighted by Gasteiger charge is 2.20. The fourth-order valence-electron chi connectivity index (χ4n) is 2.83. The van der Waals surface area contributed by atoms with Crippen molar-refractivity contribution >= 4 is 39.1 Å². The van der Waals surface area contributed by atoms with E-state index in [-0.39, 0.29) is 5.91 Å². The standard InChI is InChI=1S/C19H16ClN3O2S/c1-12-16-10-17(18(24)22(2)11-15-7-4-8-25-15)26-19(16)23(21-12)14-6-3-5-13(20)9-14/h3-10H,11H2,1-2H3. The van der Waals surface area contributed by atoms with E-state index in [1.165, 1.54) is 11.3 Å². The second kappa shape index (κ2) is 6.63. The van der Waals surface area contributed by atoms with Gasteiger partial charge >= 0.3 is 0 Å². The molecule has 1 amide bonds. The van der Waals surface area contributed by atoms with Gasteiger partial charge in [-0.15, -0.1) is 11.3 Å². The zero-order chi connectivity index (χ0) is 18.3. The van der Waals surface area contributed by atoms with Crippen LogP contribution in [-0.4, -0.2) is 27.6 Å². The lowest BCUT2D eigenvalue weighted by atomic mass is 10.3. The maximum Gasteiger partial charge on any atom is 0.264 e. The van der Waals surface area contributed by atoms with Gasteiger partial charge in [0.15, 0.2) is 0 Å². The van der Waals surface area contributed by atoms with E-state index < -0.39 is 0 Å². The summed E-state index contributed by atoms with van der Waals surface area (Å²) in [7, 11) is 1.77. The van der Waals surface area contributed by atoms with Gasteiger partial charge in [-0.05, 0) is 43.3 Å². The third-order valence-corrected chi connectivity index (χ3v) is 5.46. The molecule has 0 aliphatic carbocycles. The fraction of sp³-hybridized carbons (Fsp3) is 0.158. The van der Waals surface area contributed by atoms with Crippen LogP contribution in [0.3, 0.4) is 0 Å². The highest BCUT2D eigenvalue weighted by Crippen LogP contribution is 2.31. The molecular weight excluding hydrogens is 370 g/mol. The van der Waals surface area contributed by atoms with Crippen molar-refractivity contribution in [1.29, 1.82) is 0 Å². The molecule has 0 aliphatic rings. The average Bonchev–Trinajstić information content (AvgIpc) is 3.33. The maximum absolute atomic E-state index is 12.8. The minimum atomic E-state index is -0.0420. The van der Waals surface area contributed by atoms with Crippen molar-refractivity contribution in [2.45, 2.75) is 13.5 Å². The number of fused-ring (bicyclic) bond motifs is 1. The van der Waals surface area contributed by atoms with E-state index in [1.807, 2.05) is 54.1 Å². The number of carbonyl (C=O) groups excluding carboxylic acids is 1. The quantitative estimate of drug-likeness (QED) is 0.501. The Morgan fingerprint density at radius 1 is 1.31 bits per heavy atom. The smallest absolute Gasteiger partial charge is 0.264 e. The van der Waals surface area contributed by atoms with Crippen LogP contribution in [0.25, 0.3) is 15.9 Å². The van der Waals surface area contributed by atoms with Crippen LogP contribution < -0.4 is 0 Å². The first kappa shape index (κ1) is 16.9. The predicted octanol–water partition coefficient (Wildman–Crippen LogP) is 4.91. The minimum Gasteiger partial charge on any atom is -0.467 e. The highest BCUT2D eigenvalue weighted by molar-refractivity contribution is 7.20. The van der Waals surface area contributed by atoms with Gasteiger partial charge in [0.1, 0.15) is 10.6 Å². The molecule has 4 rings (SSSR count). The number of amides is 1. The van der Waals surface area contributed by atoms with Crippen LogP contribution in [0.15, 0.2) is 53.1 Å². The first-order valence-electron chi connectivity index (χ1n) is 8.06. The van der Waals surface area contributed by atoms with Crippen LogP contribution in [0.4, 0.5) is 0 Å². The Balaban J connectivity index is 1.69. The summed E-state index contributed by atoms with van der Waals surface area (Å²) >= 11 is 7.54. The third-order valence-electron chi connectivity index (χ3n) is 4.13. The first-order valence-corrected chi connectivity index (χ1v) is 9.25. The predicted molar refractivity (Wildman–Crippen MR) is 103 cm³/mol. The summed E-state index contributed by atoms with van der Waals surface area (Å²) in [6.45, 7) is 2.37. The summed E-state index contributed by atoms with van der Waals surface area (Å²) in [5, 5.41) is 6.22. The van der Waals surface area contributed by atoms with Gasteiger partial charge in [0.2, 0.25) is 0 Å². The molecule has 0 N–H and O–H groups in total. The summed E-state index contributed by atoms with van der Waals surface area (Å²) in [6.07, 6.45) is 1.61. The Hall–Kier alpha value is -2.57. The summed E-state index contributed by atoms with van der Waals surface area (Å²) < 4.78 is 7.16. The normalized spacial score (nSPS) is 11.2. The van der Waals surface area contributed by atoms with Crippen molar-refractivity contribution in [3.63, 3.8) is 0 Å². The van der Waals surface area contributed by atoms with Gasteiger partial charge in [-0.2, -0.15) is 5.10 Å². The molecule has 26 heavy (non-hydrogen) atoms. The number of benzene rings is 1. The van der Waals surface area contributed by atoms with Crippen LogP contribution in [0.2, 0.25) is 5.02 Å². The maximum atomic E-state index is 12.8. The number of furan rings is 1. The van der Waals surface area contributed by atoms with Gasteiger partial charge in [-0.1, -0.05) is 17.7 Å². The van der Waals surface area contributed by atoms with E-state index in [4.69, 9.17) is 16.0 Å². The average molecular weight is 386 g/mol. The molecule has 0 unspecified atom stereocenters. The molecule has 4 aromatic rings. The van der Waals surface area contributed by atoms with Gasteiger partial charge in [-0.3, -0.25) is 4.79 Å². The molecule has 0 bridgehead atoms. The van der Waals surface area contributed by atoms with Crippen molar-refractivity contribution in [1.82, 2.24) is 14.7 Å². The van der Waals surface area contributed by atoms with Crippen LogP contribution in [0.5, 0.6) is 0 Å². The topological polar surface area (TPSA) is 51.3 Å². The number of halogens is 1. The molecule has 132 valence electrons. The number of aryl methyl sites for hydroxylation is 1. The Labute approximate surface area is 159 Å². The van der Waals surface area contributed by atoms with Crippen LogP contribution in [-0.2, 0) is 6.54 Å². The molecule has 0 saturated carbocycles. The molecule has 0 fully saturated rings. The second-order valence-corrected chi connectivity index (χ2v) is 7.51. The zero-order valence-electron chi connectivity index (χ0n) is 14.3. The molecule has 0 atom stereocenters. The fourth-order valence-corrected chi connectivity index (χ4v) is 4.19. The zero-order valence-corrected chi connectivity index (χ0v) is 15.8. The number of hydrogen-bond acceptors (Lipinski definition) is 4. The largest absolute Gasteiger partial charge is 0.467 e. The van der Waals surface area contributed by atoms with E-state index in [0.717, 1.165) is 27.4 Å². The van der Waals surface area contributed by atoms with Gasteiger partial charge in [0.25, 0.3) is 5.91 Å². The number of nitrogens with zero attached hydrogens (tertiary/aromatic N) is 3. The second-order valence-electron chi connectivity index (χ2n) is 6.05. The number of thiophene rings is 1. The minimum absolute atomic E-state index is 0.0420. The summed E-state index contributed by atoms with van der Waals surface area (Å²) in [5.41, 5.74) is 1.75.